The highest BCUT2D eigenvalue weighted by atomic mass is 32.1. The number of rotatable bonds is 4. The minimum Gasteiger partial charge on any atom is -0.444 e. The monoisotopic (exact) mass is 500 g/mol. The highest BCUT2D eigenvalue weighted by molar-refractivity contribution is 7.14. The van der Waals surface area contributed by atoms with Crippen LogP contribution in [0.15, 0.2) is 31.5 Å². The fourth-order valence-electron chi connectivity index (χ4n) is 3.31. The van der Waals surface area contributed by atoms with Crippen molar-refractivity contribution in [1.82, 2.24) is 14.5 Å². The topological polar surface area (TPSA) is 110 Å². The number of amides is 1. The van der Waals surface area contributed by atoms with Gasteiger partial charge in [0, 0.05) is 23.6 Å². The quantitative estimate of drug-likeness (QED) is 0.415. The molecule has 0 aliphatic heterocycles. The zero-order valence-corrected chi connectivity index (χ0v) is 18.1. The number of halogens is 5. The van der Waals surface area contributed by atoms with E-state index in [1.165, 1.54) is 14.0 Å². The number of hydrogen-bond donors (Lipinski definition) is 2. The van der Waals surface area contributed by atoms with E-state index in [0.717, 1.165) is 21.3 Å². The highest BCUT2D eigenvalue weighted by Crippen LogP contribution is 2.37. The summed E-state index contributed by atoms with van der Waals surface area (Å²) in [5.41, 5.74) is -4.04. The van der Waals surface area contributed by atoms with E-state index >= 15 is 0 Å². The second-order valence-electron chi connectivity index (χ2n) is 7.21. The lowest BCUT2D eigenvalue weighted by Crippen LogP contribution is -2.32. The molecule has 178 valence electrons. The first-order valence-corrected chi connectivity index (χ1v) is 10.3. The van der Waals surface area contributed by atoms with Gasteiger partial charge >= 0.3 is 11.9 Å². The number of thiazole rings is 1. The molecular weight excluding hydrogens is 487 g/mol. The molecule has 34 heavy (non-hydrogen) atoms. The lowest BCUT2D eigenvalue weighted by atomic mass is 10.1. The molecule has 0 saturated heterocycles. The molecule has 0 aliphatic rings. The van der Waals surface area contributed by atoms with Crippen LogP contribution < -0.4 is 16.6 Å². The van der Waals surface area contributed by atoms with Crippen LogP contribution in [-0.4, -0.2) is 20.4 Å². The molecule has 0 bridgehead atoms. The first-order valence-electron chi connectivity index (χ1n) is 9.40. The number of benzene rings is 1. The van der Waals surface area contributed by atoms with Gasteiger partial charge in [-0.25, -0.2) is 18.6 Å². The number of hydrogen-bond acceptors (Lipinski definition) is 6. The second kappa shape index (κ2) is 8.20. The van der Waals surface area contributed by atoms with Gasteiger partial charge < -0.3 is 9.73 Å². The molecule has 3 heterocycles. The van der Waals surface area contributed by atoms with Crippen LogP contribution in [0.2, 0.25) is 0 Å². The number of carbonyl (C=O) groups is 1. The zero-order valence-electron chi connectivity index (χ0n) is 17.3. The molecule has 0 atom stereocenters. The Bertz CT molecular complexity index is 1560. The van der Waals surface area contributed by atoms with Gasteiger partial charge in [0.15, 0.2) is 5.13 Å². The number of aromatic amines is 1. The Morgan fingerprint density at radius 1 is 1.26 bits per heavy atom. The summed E-state index contributed by atoms with van der Waals surface area (Å²) in [7, 11) is 1.25. The molecule has 0 aliphatic carbocycles. The molecule has 4 rings (SSSR count). The van der Waals surface area contributed by atoms with Gasteiger partial charge in [-0.15, -0.1) is 11.3 Å². The third-order valence-electron chi connectivity index (χ3n) is 4.96. The van der Waals surface area contributed by atoms with E-state index < -0.39 is 46.1 Å². The van der Waals surface area contributed by atoms with E-state index in [0.29, 0.717) is 6.07 Å². The van der Waals surface area contributed by atoms with Gasteiger partial charge in [0.05, 0.1) is 17.7 Å². The highest BCUT2D eigenvalue weighted by Gasteiger charge is 2.36. The van der Waals surface area contributed by atoms with Crippen LogP contribution in [0, 0.1) is 18.6 Å². The van der Waals surface area contributed by atoms with Crippen LogP contribution in [-0.2, 0) is 24.4 Å². The number of aromatic nitrogens is 3. The summed E-state index contributed by atoms with van der Waals surface area (Å²) in [6.07, 6.45) is -5.47. The van der Waals surface area contributed by atoms with Crippen LogP contribution >= 0.6 is 11.3 Å². The maximum Gasteiger partial charge on any atom is 0.419 e. The Morgan fingerprint density at radius 2 is 1.97 bits per heavy atom. The number of H-pyrrole nitrogens is 1. The number of furan rings is 1. The van der Waals surface area contributed by atoms with Gasteiger partial charge in [-0.3, -0.25) is 19.1 Å². The first kappa shape index (κ1) is 23.4. The average Bonchev–Trinajstić information content (AvgIpc) is 3.31. The van der Waals surface area contributed by atoms with E-state index in [1.54, 1.807) is 0 Å². The maximum atomic E-state index is 14.4. The van der Waals surface area contributed by atoms with E-state index in [1.807, 2.05) is 0 Å². The van der Waals surface area contributed by atoms with Crippen LogP contribution in [0.25, 0.3) is 22.4 Å². The third-order valence-corrected chi connectivity index (χ3v) is 5.72. The summed E-state index contributed by atoms with van der Waals surface area (Å²) in [6.45, 7) is 1.49. The molecule has 14 heteroatoms. The van der Waals surface area contributed by atoms with Gasteiger partial charge in [-0.05, 0) is 19.1 Å². The van der Waals surface area contributed by atoms with Crippen molar-refractivity contribution in [3.05, 3.63) is 66.9 Å². The number of nitrogens with one attached hydrogen (secondary N) is 2. The van der Waals surface area contributed by atoms with Crippen molar-refractivity contribution < 1.29 is 31.2 Å². The van der Waals surface area contributed by atoms with Gasteiger partial charge in [0.25, 0.3) is 5.56 Å². The number of fused-ring (bicyclic) bond motifs is 1. The normalized spacial score (nSPS) is 11.9. The number of alkyl halides is 3. The van der Waals surface area contributed by atoms with E-state index in [9.17, 15) is 36.3 Å². The Hall–Kier alpha value is -3.81. The smallest absolute Gasteiger partial charge is 0.419 e. The van der Waals surface area contributed by atoms with Crippen LogP contribution in [0.3, 0.4) is 0 Å². The minimum absolute atomic E-state index is 0.0103. The standard InChI is InChI=1S/C20H13F5N4O4S/c1-7-9(14-16(33-7)28-19(32)29(2)17(14)31)5-13(30)27-18-26-12(6-34-18)10-3-8(21)4-11(15(10)22)20(23,24)25/h3-4,6H,5H2,1-2H3,(H,28,32)(H,26,27,30). The van der Waals surface area contributed by atoms with Gasteiger partial charge in [0.2, 0.25) is 11.6 Å². The minimum atomic E-state index is -5.11. The summed E-state index contributed by atoms with van der Waals surface area (Å²) >= 11 is 0.778. The lowest BCUT2D eigenvalue weighted by molar-refractivity contribution is -0.140. The largest absolute Gasteiger partial charge is 0.444 e. The fourth-order valence-corrected chi connectivity index (χ4v) is 4.03. The Morgan fingerprint density at radius 3 is 2.65 bits per heavy atom. The van der Waals surface area contributed by atoms with Crippen molar-refractivity contribution in [2.24, 2.45) is 7.05 Å². The van der Waals surface area contributed by atoms with Crippen LogP contribution in [0.1, 0.15) is 16.9 Å². The first-order chi connectivity index (χ1) is 15.9. The summed E-state index contributed by atoms with van der Waals surface area (Å²) in [5, 5.41) is 3.47. The molecule has 1 amide bonds. The van der Waals surface area contributed by atoms with Gasteiger partial charge in [-0.2, -0.15) is 13.2 Å². The Kier molecular flexibility index (Phi) is 5.63. The summed E-state index contributed by atoms with van der Waals surface area (Å²) in [5.74, 6) is -3.45. The second-order valence-corrected chi connectivity index (χ2v) is 8.07. The molecular formula is C20H13F5N4O4S. The van der Waals surface area contributed by atoms with Crippen molar-refractivity contribution in [3.8, 4) is 11.3 Å². The molecule has 0 fully saturated rings. The summed E-state index contributed by atoms with van der Waals surface area (Å²) < 4.78 is 73.1. The molecule has 0 unspecified atom stereocenters. The number of carbonyl (C=O) groups excluding carboxylic acids is 1. The number of anilines is 1. The fraction of sp³-hybridized carbons (Fsp3) is 0.200. The predicted octanol–water partition coefficient (Wildman–Crippen LogP) is 3.73. The van der Waals surface area contributed by atoms with Crippen molar-refractivity contribution >= 4 is 33.5 Å². The zero-order chi connectivity index (χ0) is 24.9. The van der Waals surface area contributed by atoms with Crippen molar-refractivity contribution in [3.63, 3.8) is 0 Å². The molecule has 4 aromatic rings. The number of nitrogens with zero attached hydrogens (tertiary/aromatic N) is 2. The average molecular weight is 500 g/mol. The van der Waals surface area contributed by atoms with E-state index in [-0.39, 0.29) is 45.7 Å². The van der Waals surface area contributed by atoms with Gasteiger partial charge in [-0.1, -0.05) is 0 Å². The Balaban J connectivity index is 1.61. The third kappa shape index (κ3) is 4.11. The van der Waals surface area contributed by atoms with Crippen LogP contribution in [0.4, 0.5) is 27.1 Å². The van der Waals surface area contributed by atoms with Crippen molar-refractivity contribution in [1.29, 1.82) is 0 Å². The molecule has 8 nitrogen and oxygen atoms in total. The van der Waals surface area contributed by atoms with E-state index in [2.05, 4.69) is 15.3 Å². The molecule has 2 N–H and O–H groups in total. The van der Waals surface area contributed by atoms with Crippen molar-refractivity contribution in [2.45, 2.75) is 19.5 Å². The summed E-state index contributed by atoms with van der Waals surface area (Å²) in [4.78, 5) is 43.0. The Labute approximate surface area is 189 Å². The molecule has 0 spiro atoms. The van der Waals surface area contributed by atoms with E-state index in [4.69, 9.17) is 4.42 Å². The molecule has 0 radical (unpaired) electrons. The maximum absolute atomic E-state index is 14.4. The van der Waals surface area contributed by atoms with Gasteiger partial charge in [0.1, 0.15) is 22.8 Å². The molecule has 0 saturated carbocycles. The lowest BCUT2D eigenvalue weighted by Gasteiger charge is -2.10. The molecule has 3 aromatic heterocycles. The predicted molar refractivity (Wildman–Crippen MR) is 112 cm³/mol. The summed E-state index contributed by atoms with van der Waals surface area (Å²) in [6, 6.07) is 0.617. The van der Waals surface area contributed by atoms with Crippen molar-refractivity contribution in [2.75, 3.05) is 5.32 Å². The SMILES string of the molecule is Cc1oc2[nH]c(=O)n(C)c(=O)c2c1CC(=O)Nc1nc(-c2cc(F)cc(C(F)(F)F)c2F)cs1. The molecule has 1 aromatic carbocycles. The number of aryl methyl sites for hydroxylation is 1. The van der Waals surface area contributed by atoms with Crippen LogP contribution in [0.5, 0.6) is 0 Å².